The van der Waals surface area contributed by atoms with Crippen LogP contribution in [0.15, 0.2) is 57.7 Å². The SMILES string of the molecule is Cc1c(-c2ccccc2)c(=O)oc2ccc(OC(=O)C(C)Cl)cc12. The van der Waals surface area contributed by atoms with Gasteiger partial charge < -0.3 is 9.15 Å². The van der Waals surface area contributed by atoms with Crippen LogP contribution in [-0.2, 0) is 4.79 Å². The maximum absolute atomic E-state index is 12.3. The van der Waals surface area contributed by atoms with Crippen LogP contribution in [0.3, 0.4) is 0 Å². The number of esters is 1. The van der Waals surface area contributed by atoms with Crippen LogP contribution in [0, 0.1) is 6.92 Å². The van der Waals surface area contributed by atoms with Gasteiger partial charge in [0, 0.05) is 5.39 Å². The fourth-order valence-corrected chi connectivity index (χ4v) is 2.57. The van der Waals surface area contributed by atoms with Crippen molar-refractivity contribution in [3.05, 3.63) is 64.5 Å². The molecule has 3 rings (SSSR count). The Labute approximate surface area is 143 Å². The highest BCUT2D eigenvalue weighted by Gasteiger charge is 2.16. The summed E-state index contributed by atoms with van der Waals surface area (Å²) in [6.07, 6.45) is 0. The number of carbonyl (C=O) groups is 1. The van der Waals surface area contributed by atoms with Gasteiger partial charge in [-0.15, -0.1) is 11.6 Å². The van der Waals surface area contributed by atoms with Crippen LogP contribution in [-0.4, -0.2) is 11.3 Å². The van der Waals surface area contributed by atoms with E-state index in [4.69, 9.17) is 20.8 Å². The van der Waals surface area contributed by atoms with Crippen LogP contribution >= 0.6 is 11.6 Å². The Hall–Kier alpha value is -2.59. The lowest BCUT2D eigenvalue weighted by Gasteiger charge is -2.10. The third kappa shape index (κ3) is 3.05. The molecule has 4 nitrogen and oxygen atoms in total. The van der Waals surface area contributed by atoms with Gasteiger partial charge in [-0.3, -0.25) is 4.79 Å². The van der Waals surface area contributed by atoms with E-state index < -0.39 is 17.0 Å². The highest BCUT2D eigenvalue weighted by atomic mass is 35.5. The molecule has 122 valence electrons. The second-order valence-electron chi connectivity index (χ2n) is 5.45. The zero-order valence-corrected chi connectivity index (χ0v) is 14.0. The van der Waals surface area contributed by atoms with Crippen molar-refractivity contribution in [3.63, 3.8) is 0 Å². The quantitative estimate of drug-likeness (QED) is 0.308. The van der Waals surface area contributed by atoms with E-state index in [-0.39, 0.29) is 0 Å². The Bertz CT molecular complexity index is 958. The molecule has 0 spiro atoms. The maximum Gasteiger partial charge on any atom is 0.344 e. The minimum atomic E-state index is -0.740. The van der Waals surface area contributed by atoms with Crippen molar-refractivity contribution in [2.75, 3.05) is 0 Å². The predicted octanol–water partition coefficient (Wildman–Crippen LogP) is 4.30. The summed E-state index contributed by atoms with van der Waals surface area (Å²) in [6, 6.07) is 14.2. The first kappa shape index (κ1) is 16.3. The number of benzene rings is 2. The Balaban J connectivity index is 2.15. The molecular formula is C19H15ClO4. The van der Waals surface area contributed by atoms with Gasteiger partial charge in [-0.25, -0.2) is 4.79 Å². The van der Waals surface area contributed by atoms with Gasteiger partial charge in [-0.05, 0) is 43.2 Å². The van der Waals surface area contributed by atoms with Gasteiger partial charge in [0.1, 0.15) is 16.7 Å². The largest absolute Gasteiger partial charge is 0.425 e. The van der Waals surface area contributed by atoms with Gasteiger partial charge >= 0.3 is 11.6 Å². The van der Waals surface area contributed by atoms with Gasteiger partial charge in [0.2, 0.25) is 0 Å². The standard InChI is InChI=1S/C19H15ClO4/c1-11-15-10-14(23-18(21)12(2)20)8-9-16(15)24-19(22)17(11)13-6-4-3-5-7-13/h3-10,12H,1-2H3. The molecule has 0 fully saturated rings. The van der Waals surface area contributed by atoms with Crippen LogP contribution < -0.4 is 10.4 Å². The number of hydrogen-bond acceptors (Lipinski definition) is 4. The van der Waals surface area contributed by atoms with Crippen LogP contribution in [0.4, 0.5) is 0 Å². The van der Waals surface area contributed by atoms with Crippen LogP contribution in [0.1, 0.15) is 12.5 Å². The summed E-state index contributed by atoms with van der Waals surface area (Å²) in [5.41, 5.74) is 2.09. The highest BCUT2D eigenvalue weighted by Crippen LogP contribution is 2.29. The molecule has 0 saturated heterocycles. The molecule has 0 saturated carbocycles. The van der Waals surface area contributed by atoms with Crippen molar-refractivity contribution in [1.82, 2.24) is 0 Å². The zero-order valence-electron chi connectivity index (χ0n) is 13.2. The number of ether oxygens (including phenoxy) is 1. The third-order valence-electron chi connectivity index (χ3n) is 3.74. The van der Waals surface area contributed by atoms with E-state index in [1.54, 1.807) is 25.1 Å². The summed E-state index contributed by atoms with van der Waals surface area (Å²) in [7, 11) is 0. The Morgan fingerprint density at radius 2 is 1.88 bits per heavy atom. The smallest absolute Gasteiger partial charge is 0.344 e. The molecule has 1 aromatic heterocycles. The number of rotatable bonds is 3. The average molecular weight is 343 g/mol. The summed E-state index contributed by atoms with van der Waals surface area (Å²) in [5.74, 6) is -0.176. The number of hydrogen-bond donors (Lipinski definition) is 0. The number of halogens is 1. The van der Waals surface area contributed by atoms with E-state index in [1.807, 2.05) is 37.3 Å². The minimum Gasteiger partial charge on any atom is -0.425 e. The number of alkyl halides is 1. The van der Waals surface area contributed by atoms with Crippen LogP contribution in [0.5, 0.6) is 5.75 Å². The lowest BCUT2D eigenvalue weighted by Crippen LogP contribution is -2.17. The first-order chi connectivity index (χ1) is 11.5. The van der Waals surface area contributed by atoms with Gasteiger partial charge in [0.25, 0.3) is 0 Å². The topological polar surface area (TPSA) is 56.5 Å². The maximum atomic E-state index is 12.3. The molecule has 0 N–H and O–H groups in total. The summed E-state index contributed by atoms with van der Waals surface area (Å²) in [6.45, 7) is 3.39. The summed E-state index contributed by atoms with van der Waals surface area (Å²) in [4.78, 5) is 24.0. The average Bonchev–Trinajstić information content (AvgIpc) is 2.56. The number of aryl methyl sites for hydroxylation is 1. The Kier molecular flexibility index (Phi) is 4.40. The molecule has 3 aromatic rings. The first-order valence-corrected chi connectivity index (χ1v) is 7.89. The summed E-state index contributed by atoms with van der Waals surface area (Å²) < 4.78 is 10.6. The number of carbonyl (C=O) groups excluding carboxylic acids is 1. The predicted molar refractivity (Wildman–Crippen MR) is 93.6 cm³/mol. The second-order valence-corrected chi connectivity index (χ2v) is 6.11. The van der Waals surface area contributed by atoms with Crippen molar-refractivity contribution >= 4 is 28.5 Å². The normalized spacial score (nSPS) is 12.1. The molecule has 0 aliphatic heterocycles. The van der Waals surface area contributed by atoms with E-state index in [0.717, 1.165) is 11.1 Å². The monoisotopic (exact) mass is 342 g/mol. The first-order valence-electron chi connectivity index (χ1n) is 7.46. The van der Waals surface area contributed by atoms with E-state index in [9.17, 15) is 9.59 Å². The van der Waals surface area contributed by atoms with Gasteiger partial charge in [0.15, 0.2) is 0 Å². The molecule has 0 radical (unpaired) electrons. The van der Waals surface area contributed by atoms with Crippen molar-refractivity contribution < 1.29 is 13.9 Å². The van der Waals surface area contributed by atoms with E-state index in [2.05, 4.69) is 0 Å². The Morgan fingerprint density at radius 1 is 1.17 bits per heavy atom. The van der Waals surface area contributed by atoms with Crippen molar-refractivity contribution in [3.8, 4) is 16.9 Å². The fraction of sp³-hybridized carbons (Fsp3) is 0.158. The molecule has 1 unspecified atom stereocenters. The van der Waals surface area contributed by atoms with E-state index in [1.165, 1.54) is 0 Å². The molecule has 0 aliphatic carbocycles. The lowest BCUT2D eigenvalue weighted by molar-refractivity contribution is -0.133. The molecule has 0 aliphatic rings. The molecule has 1 heterocycles. The van der Waals surface area contributed by atoms with Crippen molar-refractivity contribution in [1.29, 1.82) is 0 Å². The molecule has 2 aromatic carbocycles. The molecule has 1 atom stereocenters. The molecule has 0 amide bonds. The van der Waals surface area contributed by atoms with Crippen molar-refractivity contribution in [2.24, 2.45) is 0 Å². The van der Waals surface area contributed by atoms with E-state index >= 15 is 0 Å². The van der Waals surface area contributed by atoms with E-state index in [0.29, 0.717) is 22.3 Å². The minimum absolute atomic E-state index is 0.357. The van der Waals surface area contributed by atoms with Gasteiger partial charge in [-0.1, -0.05) is 30.3 Å². The van der Waals surface area contributed by atoms with Gasteiger partial charge in [0.05, 0.1) is 5.56 Å². The molecule has 24 heavy (non-hydrogen) atoms. The van der Waals surface area contributed by atoms with Crippen molar-refractivity contribution in [2.45, 2.75) is 19.2 Å². The highest BCUT2D eigenvalue weighted by molar-refractivity contribution is 6.29. The van der Waals surface area contributed by atoms with Crippen LogP contribution in [0.2, 0.25) is 0 Å². The lowest BCUT2D eigenvalue weighted by atomic mass is 9.99. The molecule has 5 heteroatoms. The summed E-state index contributed by atoms with van der Waals surface area (Å²) in [5, 5.41) is -0.0312. The molecular weight excluding hydrogens is 328 g/mol. The second kappa shape index (κ2) is 6.49. The fourth-order valence-electron chi connectivity index (χ4n) is 2.53. The molecule has 0 bridgehead atoms. The Morgan fingerprint density at radius 3 is 2.54 bits per heavy atom. The summed E-state index contributed by atoms with van der Waals surface area (Å²) >= 11 is 5.72. The number of fused-ring (bicyclic) bond motifs is 1. The van der Waals surface area contributed by atoms with Crippen LogP contribution in [0.25, 0.3) is 22.1 Å². The van der Waals surface area contributed by atoms with Gasteiger partial charge in [-0.2, -0.15) is 0 Å². The third-order valence-corrected chi connectivity index (χ3v) is 3.92. The zero-order chi connectivity index (χ0) is 17.3.